The van der Waals surface area contributed by atoms with Gasteiger partial charge in [0.15, 0.2) is 0 Å². The van der Waals surface area contributed by atoms with Gasteiger partial charge in [-0.05, 0) is 30.4 Å². The van der Waals surface area contributed by atoms with Gasteiger partial charge in [-0.25, -0.2) is 0 Å². The molecule has 0 aliphatic carbocycles. The predicted molar refractivity (Wildman–Crippen MR) is 86.5 cm³/mol. The summed E-state index contributed by atoms with van der Waals surface area (Å²) in [5.74, 6) is 1.17. The highest BCUT2D eigenvalue weighted by Crippen LogP contribution is 2.34. The van der Waals surface area contributed by atoms with Crippen LogP contribution in [0.15, 0.2) is 30.3 Å². The van der Waals surface area contributed by atoms with E-state index in [2.05, 4.69) is 9.97 Å². The van der Waals surface area contributed by atoms with E-state index in [0.717, 1.165) is 24.5 Å². The van der Waals surface area contributed by atoms with Crippen LogP contribution in [0.1, 0.15) is 29.9 Å². The Morgan fingerprint density at radius 2 is 1.75 bits per heavy atom. The number of hydrogen-bond acceptors (Lipinski definition) is 5. The summed E-state index contributed by atoms with van der Waals surface area (Å²) in [6.45, 7) is 1.35. The summed E-state index contributed by atoms with van der Waals surface area (Å²) in [5.41, 5.74) is 11.4. The van der Waals surface area contributed by atoms with Gasteiger partial charge >= 0.3 is 6.18 Å². The largest absolute Gasteiger partial charge is 0.416 e. The molecule has 0 bridgehead atoms. The third-order valence-corrected chi connectivity index (χ3v) is 4.25. The predicted octanol–water partition coefficient (Wildman–Crippen LogP) is 3.04. The molecule has 1 aliphatic heterocycles. The van der Waals surface area contributed by atoms with Crippen LogP contribution in [-0.2, 0) is 6.18 Å². The Balaban J connectivity index is 1.71. The Hall–Kier alpha value is -2.51. The molecule has 4 N–H and O–H groups in total. The zero-order valence-electron chi connectivity index (χ0n) is 12.9. The molecule has 0 unspecified atom stereocenters. The normalized spacial score (nSPS) is 16.4. The number of aromatic nitrogens is 2. The molecule has 2 aromatic rings. The average molecular weight is 337 g/mol. The Labute approximate surface area is 137 Å². The van der Waals surface area contributed by atoms with E-state index < -0.39 is 11.7 Å². The zero-order valence-corrected chi connectivity index (χ0v) is 12.9. The second kappa shape index (κ2) is 6.18. The number of rotatable bonds is 2. The summed E-state index contributed by atoms with van der Waals surface area (Å²) in [4.78, 5) is 10.0. The lowest BCUT2D eigenvalue weighted by atomic mass is 9.88. The highest BCUT2D eigenvalue weighted by Gasteiger charge is 2.31. The van der Waals surface area contributed by atoms with E-state index in [4.69, 9.17) is 11.5 Å². The van der Waals surface area contributed by atoms with Gasteiger partial charge in [0.2, 0.25) is 5.95 Å². The standard InChI is InChI=1S/C16H18F3N5/c17-16(18,19)12-3-1-2-11(8-12)10-4-6-24(7-5-10)14-9-13(20)22-15(21)23-14/h1-3,8-10H,4-7H2,(H4,20,21,22,23). The van der Waals surface area contributed by atoms with Gasteiger partial charge in [0.25, 0.3) is 0 Å². The first kappa shape index (κ1) is 16.4. The zero-order chi connectivity index (χ0) is 17.3. The number of nitrogen functional groups attached to an aromatic ring is 2. The smallest absolute Gasteiger partial charge is 0.383 e. The highest BCUT2D eigenvalue weighted by molar-refractivity contribution is 5.50. The average Bonchev–Trinajstić information content (AvgIpc) is 2.53. The molecule has 128 valence electrons. The molecule has 0 spiro atoms. The van der Waals surface area contributed by atoms with Crippen molar-refractivity contribution in [1.82, 2.24) is 9.97 Å². The van der Waals surface area contributed by atoms with Crippen LogP contribution in [0.5, 0.6) is 0 Å². The van der Waals surface area contributed by atoms with Gasteiger partial charge in [0.1, 0.15) is 11.6 Å². The molecule has 5 nitrogen and oxygen atoms in total. The molecule has 0 atom stereocenters. The van der Waals surface area contributed by atoms with Crippen LogP contribution in [0.2, 0.25) is 0 Å². The second-order valence-corrected chi connectivity index (χ2v) is 5.89. The lowest BCUT2D eigenvalue weighted by molar-refractivity contribution is -0.137. The SMILES string of the molecule is Nc1cc(N2CCC(c3cccc(C(F)(F)F)c3)CC2)nc(N)n1. The summed E-state index contributed by atoms with van der Waals surface area (Å²) in [5, 5.41) is 0. The number of nitrogens with zero attached hydrogens (tertiary/aromatic N) is 3. The third-order valence-electron chi connectivity index (χ3n) is 4.25. The van der Waals surface area contributed by atoms with Crippen LogP contribution >= 0.6 is 0 Å². The van der Waals surface area contributed by atoms with E-state index >= 15 is 0 Å². The van der Waals surface area contributed by atoms with Gasteiger partial charge < -0.3 is 16.4 Å². The highest BCUT2D eigenvalue weighted by atomic mass is 19.4. The molecule has 1 aromatic carbocycles. The Bertz CT molecular complexity index is 704. The number of anilines is 3. The van der Waals surface area contributed by atoms with Gasteiger partial charge in [-0.15, -0.1) is 0 Å². The molecule has 0 amide bonds. The number of halogens is 3. The van der Waals surface area contributed by atoms with Crippen LogP contribution < -0.4 is 16.4 Å². The van der Waals surface area contributed by atoms with E-state index in [-0.39, 0.29) is 11.9 Å². The summed E-state index contributed by atoms with van der Waals surface area (Å²) in [6.07, 6.45) is -2.83. The van der Waals surface area contributed by atoms with Crippen molar-refractivity contribution in [3.05, 3.63) is 41.5 Å². The number of nitrogens with two attached hydrogens (primary N) is 2. The van der Waals surface area contributed by atoms with Gasteiger partial charge in [-0.3, -0.25) is 0 Å². The second-order valence-electron chi connectivity index (χ2n) is 5.89. The first-order valence-electron chi connectivity index (χ1n) is 7.65. The maximum absolute atomic E-state index is 12.8. The monoisotopic (exact) mass is 337 g/mol. The Morgan fingerprint density at radius 3 is 2.38 bits per heavy atom. The molecular formula is C16H18F3N5. The molecule has 0 saturated carbocycles. The number of benzene rings is 1. The van der Waals surface area contributed by atoms with E-state index in [1.807, 2.05) is 4.90 Å². The van der Waals surface area contributed by atoms with E-state index in [0.29, 0.717) is 24.7 Å². The van der Waals surface area contributed by atoms with Crippen LogP contribution in [0, 0.1) is 0 Å². The van der Waals surface area contributed by atoms with Crippen molar-refractivity contribution < 1.29 is 13.2 Å². The first-order valence-corrected chi connectivity index (χ1v) is 7.65. The van der Waals surface area contributed by atoms with Crippen molar-refractivity contribution in [3.63, 3.8) is 0 Å². The molecule has 1 aromatic heterocycles. The molecule has 0 radical (unpaired) electrons. The Morgan fingerprint density at radius 1 is 1.04 bits per heavy atom. The van der Waals surface area contributed by atoms with Crippen molar-refractivity contribution in [2.24, 2.45) is 0 Å². The minimum atomic E-state index is -4.31. The fourth-order valence-electron chi connectivity index (χ4n) is 3.04. The van der Waals surface area contributed by atoms with Crippen molar-refractivity contribution in [2.75, 3.05) is 29.5 Å². The molecule has 3 rings (SSSR count). The molecule has 1 fully saturated rings. The van der Waals surface area contributed by atoms with Crippen LogP contribution in [0.4, 0.5) is 30.8 Å². The minimum Gasteiger partial charge on any atom is -0.383 e. The molecule has 1 aliphatic rings. The maximum Gasteiger partial charge on any atom is 0.416 e. The third kappa shape index (κ3) is 3.52. The lowest BCUT2D eigenvalue weighted by Gasteiger charge is -2.33. The lowest BCUT2D eigenvalue weighted by Crippen LogP contribution is -2.33. The summed E-state index contributed by atoms with van der Waals surface area (Å²) in [6, 6.07) is 7.24. The van der Waals surface area contributed by atoms with Gasteiger partial charge in [-0.2, -0.15) is 23.1 Å². The fraction of sp³-hybridized carbons (Fsp3) is 0.375. The van der Waals surface area contributed by atoms with Gasteiger partial charge in [0, 0.05) is 19.2 Å². The summed E-state index contributed by atoms with van der Waals surface area (Å²) in [7, 11) is 0. The molecule has 2 heterocycles. The van der Waals surface area contributed by atoms with Crippen LogP contribution in [0.25, 0.3) is 0 Å². The van der Waals surface area contributed by atoms with Crippen molar-refractivity contribution >= 4 is 17.6 Å². The Kier molecular flexibility index (Phi) is 4.21. The fourth-order valence-corrected chi connectivity index (χ4v) is 3.04. The molecule has 24 heavy (non-hydrogen) atoms. The molecule has 1 saturated heterocycles. The number of piperidine rings is 1. The topological polar surface area (TPSA) is 81.1 Å². The number of hydrogen-bond donors (Lipinski definition) is 2. The maximum atomic E-state index is 12.8. The minimum absolute atomic E-state index is 0.0973. The summed E-state index contributed by atoms with van der Waals surface area (Å²) >= 11 is 0. The van der Waals surface area contributed by atoms with Crippen molar-refractivity contribution in [1.29, 1.82) is 0 Å². The van der Waals surface area contributed by atoms with Crippen LogP contribution in [-0.4, -0.2) is 23.1 Å². The van der Waals surface area contributed by atoms with E-state index in [1.54, 1.807) is 12.1 Å². The van der Waals surface area contributed by atoms with Gasteiger partial charge in [0.05, 0.1) is 5.56 Å². The van der Waals surface area contributed by atoms with Crippen LogP contribution in [0.3, 0.4) is 0 Å². The van der Waals surface area contributed by atoms with Gasteiger partial charge in [-0.1, -0.05) is 18.2 Å². The quantitative estimate of drug-likeness (QED) is 0.880. The molecular weight excluding hydrogens is 319 g/mol. The number of alkyl halides is 3. The summed E-state index contributed by atoms with van der Waals surface area (Å²) < 4.78 is 38.5. The molecule has 8 heteroatoms. The van der Waals surface area contributed by atoms with Crippen molar-refractivity contribution in [3.8, 4) is 0 Å². The van der Waals surface area contributed by atoms with E-state index in [1.165, 1.54) is 12.1 Å². The first-order chi connectivity index (χ1) is 11.3. The van der Waals surface area contributed by atoms with Crippen molar-refractivity contribution in [2.45, 2.75) is 24.9 Å². The van der Waals surface area contributed by atoms with E-state index in [9.17, 15) is 13.2 Å².